The third-order valence-corrected chi connectivity index (χ3v) is 3.85. The summed E-state index contributed by atoms with van der Waals surface area (Å²) in [5.41, 5.74) is 1.22. The van der Waals surface area contributed by atoms with Gasteiger partial charge in [-0.05, 0) is 58.1 Å². The van der Waals surface area contributed by atoms with Crippen molar-refractivity contribution in [2.45, 2.75) is 66.5 Å². The van der Waals surface area contributed by atoms with Crippen molar-refractivity contribution in [3.8, 4) is 0 Å². The fourth-order valence-corrected chi connectivity index (χ4v) is 2.53. The predicted octanol–water partition coefficient (Wildman–Crippen LogP) is 3.67. The lowest BCUT2D eigenvalue weighted by atomic mass is 9.85. The van der Waals surface area contributed by atoms with Gasteiger partial charge in [-0.1, -0.05) is 20.8 Å². The number of rotatable bonds is 8. The zero-order chi connectivity index (χ0) is 14.4. The van der Waals surface area contributed by atoms with Gasteiger partial charge in [0.25, 0.3) is 0 Å². The second kappa shape index (κ2) is 7.68. The summed E-state index contributed by atoms with van der Waals surface area (Å²) in [5.74, 6) is 1.31. The molecule has 0 radical (unpaired) electrons. The second-order valence-electron chi connectivity index (χ2n) is 6.24. The number of nitrogens with one attached hydrogen (secondary N) is 1. The van der Waals surface area contributed by atoms with E-state index in [9.17, 15) is 0 Å². The van der Waals surface area contributed by atoms with Crippen LogP contribution in [0.1, 0.15) is 59.7 Å². The first-order chi connectivity index (χ1) is 8.95. The third-order valence-electron chi connectivity index (χ3n) is 3.85. The minimum atomic E-state index is 0.446. The van der Waals surface area contributed by atoms with E-state index in [1.807, 2.05) is 0 Å². The normalized spacial score (nSPS) is 15.2. The van der Waals surface area contributed by atoms with Crippen LogP contribution in [0.3, 0.4) is 0 Å². The molecule has 110 valence electrons. The Bertz CT molecular complexity index is 355. The van der Waals surface area contributed by atoms with E-state index in [1.54, 1.807) is 0 Å². The summed E-state index contributed by atoms with van der Waals surface area (Å²) in [6.07, 6.45) is 4.36. The zero-order valence-corrected chi connectivity index (χ0v) is 13.5. The highest BCUT2D eigenvalue weighted by atomic mass is 15.3. The smallest absolute Gasteiger partial charge is 0.0628 e. The zero-order valence-electron chi connectivity index (χ0n) is 13.5. The molecule has 2 atom stereocenters. The summed E-state index contributed by atoms with van der Waals surface area (Å²) in [7, 11) is 0. The van der Waals surface area contributed by atoms with Crippen molar-refractivity contribution in [3.05, 3.63) is 18.0 Å². The molecule has 0 spiro atoms. The maximum absolute atomic E-state index is 4.68. The molecule has 3 heteroatoms. The molecule has 2 unspecified atom stereocenters. The monoisotopic (exact) mass is 265 g/mol. The van der Waals surface area contributed by atoms with Gasteiger partial charge in [-0.2, -0.15) is 5.10 Å². The van der Waals surface area contributed by atoms with Crippen LogP contribution in [0, 0.1) is 11.8 Å². The van der Waals surface area contributed by atoms with E-state index in [2.05, 4.69) is 68.9 Å². The predicted molar refractivity (Wildman–Crippen MR) is 82.4 cm³/mol. The van der Waals surface area contributed by atoms with Crippen molar-refractivity contribution in [3.63, 3.8) is 0 Å². The van der Waals surface area contributed by atoms with Gasteiger partial charge in [-0.25, -0.2) is 0 Å². The van der Waals surface area contributed by atoms with Crippen molar-refractivity contribution < 1.29 is 0 Å². The van der Waals surface area contributed by atoms with Crippen LogP contribution in [0.25, 0.3) is 0 Å². The second-order valence-corrected chi connectivity index (χ2v) is 6.24. The summed E-state index contributed by atoms with van der Waals surface area (Å²) in [5, 5.41) is 8.31. The molecule has 0 aliphatic heterocycles. The summed E-state index contributed by atoms with van der Waals surface area (Å²) < 4.78 is 2.05. The molecule has 0 aromatic carbocycles. The van der Waals surface area contributed by atoms with Crippen molar-refractivity contribution in [2.24, 2.45) is 11.8 Å². The highest BCUT2D eigenvalue weighted by Gasteiger charge is 2.21. The van der Waals surface area contributed by atoms with Crippen LogP contribution in [0.4, 0.5) is 0 Å². The van der Waals surface area contributed by atoms with Crippen molar-refractivity contribution in [1.29, 1.82) is 0 Å². The first-order valence-electron chi connectivity index (χ1n) is 7.73. The lowest BCUT2D eigenvalue weighted by Gasteiger charge is -2.27. The molecule has 19 heavy (non-hydrogen) atoms. The fraction of sp³-hybridized carbons (Fsp3) is 0.812. The van der Waals surface area contributed by atoms with E-state index in [0.29, 0.717) is 23.9 Å². The lowest BCUT2D eigenvalue weighted by molar-refractivity contribution is 0.286. The molecule has 1 N–H and O–H groups in total. The fourth-order valence-electron chi connectivity index (χ4n) is 2.53. The highest BCUT2D eigenvalue weighted by Crippen LogP contribution is 2.20. The molecule has 1 heterocycles. The molecule has 0 saturated heterocycles. The van der Waals surface area contributed by atoms with Gasteiger partial charge in [0, 0.05) is 18.3 Å². The standard InChI is InChI=1S/C16H31N3/c1-7-9-17-14(6)16(12(2)3)11-15-8-10-19(18-15)13(4)5/h8,10,12-14,16-17H,7,9,11H2,1-6H3. The van der Waals surface area contributed by atoms with Crippen molar-refractivity contribution >= 4 is 0 Å². The van der Waals surface area contributed by atoms with Gasteiger partial charge in [0.1, 0.15) is 0 Å². The lowest BCUT2D eigenvalue weighted by Crippen LogP contribution is -2.37. The van der Waals surface area contributed by atoms with Crippen molar-refractivity contribution in [2.75, 3.05) is 6.54 Å². The van der Waals surface area contributed by atoms with Crippen LogP contribution < -0.4 is 5.32 Å². The molecule has 3 nitrogen and oxygen atoms in total. The number of nitrogens with zero attached hydrogens (tertiary/aromatic N) is 2. The van der Waals surface area contributed by atoms with Gasteiger partial charge < -0.3 is 5.32 Å². The Hall–Kier alpha value is -0.830. The molecule has 0 aliphatic carbocycles. The Morgan fingerprint density at radius 1 is 1.21 bits per heavy atom. The van der Waals surface area contributed by atoms with E-state index in [4.69, 9.17) is 0 Å². The Balaban J connectivity index is 2.66. The average molecular weight is 265 g/mol. The summed E-state index contributed by atoms with van der Waals surface area (Å²) >= 11 is 0. The van der Waals surface area contributed by atoms with Gasteiger partial charge in [-0.3, -0.25) is 4.68 Å². The van der Waals surface area contributed by atoms with Gasteiger partial charge in [0.05, 0.1) is 5.69 Å². The van der Waals surface area contributed by atoms with Crippen LogP contribution in [0.2, 0.25) is 0 Å². The number of aromatic nitrogens is 2. The molecule has 0 fully saturated rings. The van der Waals surface area contributed by atoms with Crippen LogP contribution in [0.5, 0.6) is 0 Å². The molecule has 0 aliphatic rings. The van der Waals surface area contributed by atoms with Gasteiger partial charge in [-0.15, -0.1) is 0 Å². The average Bonchev–Trinajstić information content (AvgIpc) is 2.81. The van der Waals surface area contributed by atoms with E-state index in [-0.39, 0.29) is 0 Å². The van der Waals surface area contributed by atoms with Crippen LogP contribution in [-0.4, -0.2) is 22.4 Å². The van der Waals surface area contributed by atoms with Gasteiger partial charge >= 0.3 is 0 Å². The van der Waals surface area contributed by atoms with E-state index in [1.165, 1.54) is 12.1 Å². The summed E-state index contributed by atoms with van der Waals surface area (Å²) in [6, 6.07) is 3.16. The number of hydrogen-bond donors (Lipinski definition) is 1. The Morgan fingerprint density at radius 3 is 2.37 bits per heavy atom. The molecule has 1 aromatic rings. The molecule has 1 rings (SSSR count). The largest absolute Gasteiger partial charge is 0.314 e. The minimum Gasteiger partial charge on any atom is -0.314 e. The maximum Gasteiger partial charge on any atom is 0.0628 e. The van der Waals surface area contributed by atoms with E-state index < -0.39 is 0 Å². The molecule has 0 amide bonds. The molecular weight excluding hydrogens is 234 g/mol. The molecule has 1 aromatic heterocycles. The van der Waals surface area contributed by atoms with Crippen molar-refractivity contribution in [1.82, 2.24) is 15.1 Å². The minimum absolute atomic E-state index is 0.446. The molecule has 0 saturated carbocycles. The molecule has 0 bridgehead atoms. The van der Waals surface area contributed by atoms with Gasteiger partial charge in [0.15, 0.2) is 0 Å². The SMILES string of the molecule is CCCNC(C)C(Cc1ccn(C(C)C)n1)C(C)C. The molecular formula is C16H31N3. The Morgan fingerprint density at radius 2 is 1.89 bits per heavy atom. The Kier molecular flexibility index (Phi) is 6.56. The van der Waals surface area contributed by atoms with Crippen LogP contribution in [0.15, 0.2) is 12.3 Å². The highest BCUT2D eigenvalue weighted by molar-refractivity contribution is 5.02. The van der Waals surface area contributed by atoms with E-state index in [0.717, 1.165) is 13.0 Å². The summed E-state index contributed by atoms with van der Waals surface area (Å²) in [6.45, 7) is 14.6. The topological polar surface area (TPSA) is 29.9 Å². The van der Waals surface area contributed by atoms with E-state index >= 15 is 0 Å². The van der Waals surface area contributed by atoms with Crippen LogP contribution >= 0.6 is 0 Å². The number of hydrogen-bond acceptors (Lipinski definition) is 2. The summed E-state index contributed by atoms with van der Waals surface area (Å²) in [4.78, 5) is 0. The quantitative estimate of drug-likeness (QED) is 0.777. The maximum atomic E-state index is 4.68. The first-order valence-corrected chi connectivity index (χ1v) is 7.73. The first kappa shape index (κ1) is 16.2. The van der Waals surface area contributed by atoms with Gasteiger partial charge in [0.2, 0.25) is 0 Å². The van der Waals surface area contributed by atoms with Crippen LogP contribution in [-0.2, 0) is 6.42 Å². The Labute approximate surface area is 118 Å². The third kappa shape index (κ3) is 4.98.